The standard InChI is InChI=1S/C22H24N4O3S2/c1-2-13-26-20-8-4-3-7-19(20)24-22(26)30-16-21(27)23-17-9-11-18(12-10-17)31(28,29)25-14-5-6-15-25/h2-4,7-12H,1,5-6,13-16H2,(H,23,27). The van der Waals surface area contributed by atoms with E-state index in [2.05, 4.69) is 16.9 Å². The van der Waals surface area contributed by atoms with Crippen LogP contribution in [0.1, 0.15) is 12.8 Å². The number of allylic oxidation sites excluding steroid dienone is 1. The van der Waals surface area contributed by atoms with Crippen molar-refractivity contribution in [3.05, 3.63) is 61.2 Å². The molecule has 9 heteroatoms. The van der Waals surface area contributed by atoms with E-state index in [0.717, 1.165) is 29.0 Å². The first-order valence-electron chi connectivity index (χ1n) is 10.1. The predicted molar refractivity (Wildman–Crippen MR) is 124 cm³/mol. The molecular formula is C22H24N4O3S2. The fraction of sp³-hybridized carbons (Fsp3) is 0.273. The molecular weight excluding hydrogens is 432 g/mol. The topological polar surface area (TPSA) is 84.3 Å². The lowest BCUT2D eigenvalue weighted by Crippen LogP contribution is -2.27. The number of carbonyl (C=O) groups excluding carboxylic acids is 1. The third-order valence-electron chi connectivity index (χ3n) is 5.10. The fourth-order valence-corrected chi connectivity index (χ4v) is 5.93. The Morgan fingerprint density at radius 1 is 1.13 bits per heavy atom. The number of hydrogen-bond acceptors (Lipinski definition) is 5. The van der Waals surface area contributed by atoms with E-state index >= 15 is 0 Å². The first-order valence-corrected chi connectivity index (χ1v) is 12.5. The Balaban J connectivity index is 1.40. The first kappa shape index (κ1) is 21.6. The van der Waals surface area contributed by atoms with Crippen LogP contribution in [-0.2, 0) is 21.4 Å². The smallest absolute Gasteiger partial charge is 0.243 e. The maximum atomic E-state index is 12.6. The summed E-state index contributed by atoms with van der Waals surface area (Å²) in [6.07, 6.45) is 3.59. The maximum absolute atomic E-state index is 12.6. The van der Waals surface area contributed by atoms with Crippen molar-refractivity contribution in [3.63, 3.8) is 0 Å². The second-order valence-corrected chi connectivity index (χ2v) is 10.1. The molecule has 0 saturated carbocycles. The number of imidazole rings is 1. The van der Waals surface area contributed by atoms with E-state index in [1.807, 2.05) is 28.8 Å². The van der Waals surface area contributed by atoms with Gasteiger partial charge in [-0.25, -0.2) is 13.4 Å². The second-order valence-electron chi connectivity index (χ2n) is 7.25. The number of para-hydroxylation sites is 2. The quantitative estimate of drug-likeness (QED) is 0.412. The van der Waals surface area contributed by atoms with Crippen LogP contribution in [0.4, 0.5) is 5.69 Å². The highest BCUT2D eigenvalue weighted by atomic mass is 32.2. The van der Waals surface area contributed by atoms with E-state index < -0.39 is 10.0 Å². The molecule has 0 unspecified atom stereocenters. The minimum absolute atomic E-state index is 0.183. The third-order valence-corrected chi connectivity index (χ3v) is 7.99. The van der Waals surface area contributed by atoms with E-state index in [-0.39, 0.29) is 16.6 Å². The van der Waals surface area contributed by atoms with E-state index in [0.29, 0.717) is 25.3 Å². The van der Waals surface area contributed by atoms with Crippen molar-refractivity contribution in [1.29, 1.82) is 0 Å². The average molecular weight is 457 g/mol. The molecule has 162 valence electrons. The summed E-state index contributed by atoms with van der Waals surface area (Å²) >= 11 is 1.35. The molecule has 1 amide bonds. The number of carbonyl (C=O) groups is 1. The molecule has 1 aromatic heterocycles. The van der Waals surface area contributed by atoms with Crippen LogP contribution in [0.2, 0.25) is 0 Å². The molecule has 3 aromatic rings. The number of thioether (sulfide) groups is 1. The number of hydrogen-bond donors (Lipinski definition) is 1. The molecule has 1 fully saturated rings. The van der Waals surface area contributed by atoms with Crippen LogP contribution in [-0.4, -0.2) is 47.0 Å². The molecule has 1 saturated heterocycles. The lowest BCUT2D eigenvalue weighted by atomic mass is 10.3. The van der Waals surface area contributed by atoms with Crippen molar-refractivity contribution in [2.24, 2.45) is 0 Å². The van der Waals surface area contributed by atoms with Gasteiger partial charge in [0.2, 0.25) is 15.9 Å². The van der Waals surface area contributed by atoms with Gasteiger partial charge in [0.05, 0.1) is 21.7 Å². The SMILES string of the molecule is C=CCn1c(SCC(=O)Nc2ccc(S(=O)(=O)N3CCCC3)cc2)nc2ccccc21. The number of nitrogens with zero attached hydrogens (tertiary/aromatic N) is 3. The summed E-state index contributed by atoms with van der Waals surface area (Å²) in [6.45, 7) is 5.54. The van der Waals surface area contributed by atoms with Crippen molar-refractivity contribution in [3.8, 4) is 0 Å². The highest BCUT2D eigenvalue weighted by Gasteiger charge is 2.26. The number of aromatic nitrogens is 2. The van der Waals surface area contributed by atoms with Gasteiger partial charge in [-0.15, -0.1) is 6.58 Å². The number of amides is 1. The molecule has 1 aliphatic rings. The lowest BCUT2D eigenvalue weighted by molar-refractivity contribution is -0.113. The number of fused-ring (bicyclic) bond motifs is 1. The molecule has 0 aliphatic carbocycles. The van der Waals surface area contributed by atoms with Crippen molar-refractivity contribution in [2.45, 2.75) is 29.4 Å². The molecule has 0 bridgehead atoms. The number of sulfonamides is 1. The van der Waals surface area contributed by atoms with Crippen LogP contribution in [0.25, 0.3) is 11.0 Å². The molecule has 4 rings (SSSR count). The molecule has 2 aromatic carbocycles. The van der Waals surface area contributed by atoms with Crippen LogP contribution in [0.5, 0.6) is 0 Å². The van der Waals surface area contributed by atoms with Gasteiger partial charge in [-0.05, 0) is 49.2 Å². The number of anilines is 1. The third kappa shape index (κ3) is 4.68. The monoisotopic (exact) mass is 456 g/mol. The maximum Gasteiger partial charge on any atom is 0.243 e. The summed E-state index contributed by atoms with van der Waals surface area (Å²) in [5.41, 5.74) is 2.44. The summed E-state index contributed by atoms with van der Waals surface area (Å²) < 4.78 is 28.7. The van der Waals surface area contributed by atoms with Gasteiger partial charge in [0.1, 0.15) is 0 Å². The van der Waals surface area contributed by atoms with Crippen LogP contribution in [0.15, 0.2) is 71.2 Å². The van der Waals surface area contributed by atoms with E-state index in [9.17, 15) is 13.2 Å². The molecule has 0 spiro atoms. The molecule has 0 atom stereocenters. The van der Waals surface area contributed by atoms with Gasteiger partial charge in [-0.3, -0.25) is 4.79 Å². The fourth-order valence-electron chi connectivity index (χ4n) is 3.58. The van der Waals surface area contributed by atoms with Crippen molar-refractivity contribution < 1.29 is 13.2 Å². The molecule has 7 nitrogen and oxygen atoms in total. The van der Waals surface area contributed by atoms with Crippen molar-refractivity contribution >= 4 is 44.4 Å². The van der Waals surface area contributed by atoms with Gasteiger partial charge in [-0.1, -0.05) is 30.0 Å². The molecule has 31 heavy (non-hydrogen) atoms. The Hall–Kier alpha value is -2.62. The zero-order chi connectivity index (χ0) is 21.8. The summed E-state index contributed by atoms with van der Waals surface area (Å²) in [6, 6.07) is 14.2. The normalized spacial score (nSPS) is 14.7. The summed E-state index contributed by atoms with van der Waals surface area (Å²) in [7, 11) is -3.46. The molecule has 0 radical (unpaired) electrons. The highest BCUT2D eigenvalue weighted by molar-refractivity contribution is 7.99. The van der Waals surface area contributed by atoms with Gasteiger partial charge in [0, 0.05) is 25.3 Å². The van der Waals surface area contributed by atoms with Gasteiger partial charge in [0.25, 0.3) is 0 Å². The second kappa shape index (κ2) is 9.25. The Labute approximate surface area is 186 Å². The Kier molecular flexibility index (Phi) is 6.45. The molecule has 1 aliphatic heterocycles. The van der Waals surface area contributed by atoms with Gasteiger partial charge in [-0.2, -0.15) is 4.31 Å². The van der Waals surface area contributed by atoms with Crippen molar-refractivity contribution in [1.82, 2.24) is 13.9 Å². The van der Waals surface area contributed by atoms with E-state index in [1.54, 1.807) is 30.3 Å². The largest absolute Gasteiger partial charge is 0.325 e. The predicted octanol–water partition coefficient (Wildman–Crippen LogP) is 3.74. The van der Waals surface area contributed by atoms with Crippen LogP contribution in [0, 0.1) is 0 Å². The lowest BCUT2D eigenvalue weighted by Gasteiger charge is -2.15. The van der Waals surface area contributed by atoms with Gasteiger partial charge in [0.15, 0.2) is 5.16 Å². The summed E-state index contributed by atoms with van der Waals surface area (Å²) in [5, 5.41) is 3.57. The minimum atomic E-state index is -3.46. The van der Waals surface area contributed by atoms with E-state index in [4.69, 9.17) is 0 Å². The number of benzene rings is 2. The summed E-state index contributed by atoms with van der Waals surface area (Å²) in [5.74, 6) is 0.00578. The van der Waals surface area contributed by atoms with Crippen LogP contribution >= 0.6 is 11.8 Å². The van der Waals surface area contributed by atoms with Gasteiger partial charge < -0.3 is 9.88 Å². The van der Waals surface area contributed by atoms with E-state index in [1.165, 1.54) is 16.1 Å². The van der Waals surface area contributed by atoms with Crippen LogP contribution in [0.3, 0.4) is 0 Å². The molecule has 1 N–H and O–H groups in total. The molecule has 2 heterocycles. The number of rotatable bonds is 8. The van der Waals surface area contributed by atoms with Gasteiger partial charge >= 0.3 is 0 Å². The minimum Gasteiger partial charge on any atom is -0.325 e. The average Bonchev–Trinajstić information content (AvgIpc) is 3.42. The zero-order valence-corrected chi connectivity index (χ0v) is 18.7. The van der Waals surface area contributed by atoms with Crippen LogP contribution < -0.4 is 5.32 Å². The Morgan fingerprint density at radius 3 is 2.55 bits per heavy atom. The Morgan fingerprint density at radius 2 is 1.84 bits per heavy atom. The zero-order valence-electron chi connectivity index (χ0n) is 17.0. The Bertz CT molecular complexity index is 1200. The van der Waals surface area contributed by atoms with Crippen molar-refractivity contribution in [2.75, 3.05) is 24.2 Å². The first-order chi connectivity index (χ1) is 15.0. The number of nitrogens with one attached hydrogen (secondary N) is 1. The highest BCUT2D eigenvalue weighted by Crippen LogP contribution is 2.25. The summed E-state index contributed by atoms with van der Waals surface area (Å²) in [4.78, 5) is 17.3.